The fourth-order valence-electron chi connectivity index (χ4n) is 2.64. The molecule has 41 heavy (non-hydrogen) atoms. The molecule has 0 amide bonds. The third-order valence-electron chi connectivity index (χ3n) is 4.70. The molecule has 0 aromatic heterocycles. The predicted molar refractivity (Wildman–Crippen MR) is 179 cm³/mol. The molecule has 4 heteroatoms. The number of aryl methyl sites for hydroxylation is 3. The summed E-state index contributed by atoms with van der Waals surface area (Å²) in [6.45, 7) is 22.3. The molecule has 0 unspecified atom stereocenters. The SMILES string of the molecule is CC.CC.CC.CC.Cc1ccc(CO)cc1.Cc1ccc(O)cc1.Cc1ccc(Oc2ccc(CO)cc2)cc1. The maximum absolute atomic E-state index is 8.91. The molecule has 0 aliphatic carbocycles. The first-order chi connectivity index (χ1) is 19.9. The molecular formula is C37H56O4. The molecule has 228 valence electrons. The van der Waals surface area contributed by atoms with E-state index in [1.807, 2.05) is 161 Å². The maximum atomic E-state index is 8.91. The van der Waals surface area contributed by atoms with Gasteiger partial charge in [0.15, 0.2) is 0 Å². The van der Waals surface area contributed by atoms with Crippen LogP contribution in [-0.4, -0.2) is 15.3 Å². The predicted octanol–water partition coefficient (Wildman–Crippen LogP) is 10.6. The van der Waals surface area contributed by atoms with E-state index in [1.165, 1.54) is 16.7 Å². The highest BCUT2D eigenvalue weighted by Gasteiger charge is 1.97. The molecular weight excluding hydrogens is 508 g/mol. The largest absolute Gasteiger partial charge is 0.508 e. The zero-order valence-corrected chi connectivity index (χ0v) is 27.4. The number of aliphatic hydroxyl groups excluding tert-OH is 2. The Hall–Kier alpha value is -3.60. The van der Waals surface area contributed by atoms with Crippen molar-refractivity contribution in [2.75, 3.05) is 0 Å². The molecule has 4 aromatic carbocycles. The highest BCUT2D eigenvalue weighted by atomic mass is 16.5. The van der Waals surface area contributed by atoms with Gasteiger partial charge >= 0.3 is 0 Å². The Morgan fingerprint density at radius 2 is 0.659 bits per heavy atom. The lowest BCUT2D eigenvalue weighted by atomic mass is 10.2. The van der Waals surface area contributed by atoms with Crippen LogP contribution in [0.3, 0.4) is 0 Å². The average Bonchev–Trinajstić information content (AvgIpc) is 3.05. The molecule has 0 heterocycles. The van der Waals surface area contributed by atoms with E-state index < -0.39 is 0 Å². The summed E-state index contributed by atoms with van der Waals surface area (Å²) in [6, 6.07) is 30.2. The Labute approximate surface area is 251 Å². The zero-order valence-electron chi connectivity index (χ0n) is 27.4. The molecule has 0 fully saturated rings. The lowest BCUT2D eigenvalue weighted by molar-refractivity contribution is 0.281. The van der Waals surface area contributed by atoms with Crippen molar-refractivity contribution in [2.45, 2.75) is 89.4 Å². The Balaban J connectivity index is -0.000000496. The Bertz CT molecular complexity index is 1030. The molecule has 0 saturated carbocycles. The van der Waals surface area contributed by atoms with Crippen molar-refractivity contribution >= 4 is 0 Å². The lowest BCUT2D eigenvalue weighted by Crippen LogP contribution is -1.86. The van der Waals surface area contributed by atoms with Crippen molar-refractivity contribution in [3.8, 4) is 17.2 Å². The minimum absolute atomic E-state index is 0.0603. The van der Waals surface area contributed by atoms with Gasteiger partial charge in [0.2, 0.25) is 0 Å². The van der Waals surface area contributed by atoms with E-state index in [2.05, 4.69) is 0 Å². The molecule has 0 spiro atoms. The van der Waals surface area contributed by atoms with Gasteiger partial charge in [0.05, 0.1) is 13.2 Å². The minimum atomic E-state index is 0.0603. The van der Waals surface area contributed by atoms with E-state index in [0.29, 0.717) is 5.75 Å². The molecule has 4 rings (SSSR count). The van der Waals surface area contributed by atoms with E-state index in [4.69, 9.17) is 20.1 Å². The summed E-state index contributed by atoms with van der Waals surface area (Å²) in [5.74, 6) is 1.93. The van der Waals surface area contributed by atoms with Crippen molar-refractivity contribution in [1.29, 1.82) is 0 Å². The van der Waals surface area contributed by atoms with Crippen LogP contribution in [0.5, 0.6) is 17.2 Å². The number of phenolic OH excluding ortho intramolecular Hbond substituents is 1. The first-order valence-electron chi connectivity index (χ1n) is 14.8. The summed E-state index contributed by atoms with van der Waals surface area (Å²) in [5, 5.41) is 26.3. The van der Waals surface area contributed by atoms with Crippen LogP contribution in [0, 0.1) is 20.8 Å². The highest BCUT2D eigenvalue weighted by Crippen LogP contribution is 2.21. The average molecular weight is 565 g/mol. The summed E-state index contributed by atoms with van der Waals surface area (Å²) in [5.41, 5.74) is 5.47. The summed E-state index contributed by atoms with van der Waals surface area (Å²) >= 11 is 0. The standard InChI is InChI=1S/C14H14O2.C8H10O.C7H8O.4C2H6/c1-11-2-6-13(7-3-11)16-14-8-4-12(10-15)5-9-14;1-7-2-4-8(6-9)5-3-7;1-6-2-4-7(8)5-3-6;4*1-2/h2-9,15H,10H2,1H3;2-5,9H,6H2,1H3;2-5,8H,1H3;4*1-2H3. The molecule has 3 N–H and O–H groups in total. The van der Waals surface area contributed by atoms with Crippen molar-refractivity contribution in [2.24, 2.45) is 0 Å². The van der Waals surface area contributed by atoms with Gasteiger partial charge < -0.3 is 20.1 Å². The fourth-order valence-corrected chi connectivity index (χ4v) is 2.64. The minimum Gasteiger partial charge on any atom is -0.508 e. The van der Waals surface area contributed by atoms with E-state index in [0.717, 1.165) is 22.6 Å². The van der Waals surface area contributed by atoms with Crippen LogP contribution < -0.4 is 4.74 Å². The number of ether oxygens (including phenoxy) is 1. The van der Waals surface area contributed by atoms with E-state index in [9.17, 15) is 0 Å². The molecule has 0 aliphatic rings. The van der Waals surface area contributed by atoms with Crippen molar-refractivity contribution < 1.29 is 20.1 Å². The van der Waals surface area contributed by atoms with Gasteiger partial charge in [0.1, 0.15) is 17.2 Å². The number of aromatic hydroxyl groups is 1. The summed E-state index contributed by atoms with van der Waals surface area (Å²) in [7, 11) is 0. The van der Waals surface area contributed by atoms with Gasteiger partial charge in [-0.2, -0.15) is 0 Å². The Morgan fingerprint density at radius 3 is 0.951 bits per heavy atom. The van der Waals surface area contributed by atoms with E-state index in [-0.39, 0.29) is 13.2 Å². The second-order valence-electron chi connectivity index (χ2n) is 7.70. The van der Waals surface area contributed by atoms with Crippen molar-refractivity contribution in [3.63, 3.8) is 0 Å². The van der Waals surface area contributed by atoms with Crippen LogP contribution in [0.15, 0.2) is 97.1 Å². The fraction of sp³-hybridized carbons (Fsp3) is 0.351. The van der Waals surface area contributed by atoms with Gasteiger partial charge in [-0.25, -0.2) is 0 Å². The molecule has 4 nitrogen and oxygen atoms in total. The van der Waals surface area contributed by atoms with Gasteiger partial charge in [-0.15, -0.1) is 0 Å². The van der Waals surface area contributed by atoms with Crippen LogP contribution in [0.25, 0.3) is 0 Å². The van der Waals surface area contributed by atoms with Crippen LogP contribution in [0.4, 0.5) is 0 Å². The quantitative estimate of drug-likeness (QED) is 0.231. The van der Waals surface area contributed by atoms with Crippen LogP contribution in [0.2, 0.25) is 0 Å². The van der Waals surface area contributed by atoms with E-state index in [1.54, 1.807) is 12.1 Å². The number of hydrogen-bond acceptors (Lipinski definition) is 4. The Kier molecular flexibility index (Phi) is 30.0. The molecule has 0 radical (unpaired) electrons. The summed E-state index contributed by atoms with van der Waals surface area (Å²) < 4.78 is 5.65. The van der Waals surface area contributed by atoms with Gasteiger partial charge in [0, 0.05) is 0 Å². The zero-order chi connectivity index (χ0) is 32.1. The second kappa shape index (κ2) is 29.4. The molecule has 0 bridgehead atoms. The molecule has 4 aromatic rings. The second-order valence-corrected chi connectivity index (χ2v) is 7.70. The number of hydrogen-bond donors (Lipinski definition) is 3. The number of rotatable bonds is 4. The Morgan fingerprint density at radius 1 is 0.415 bits per heavy atom. The number of phenols is 1. The molecule has 0 atom stereocenters. The van der Waals surface area contributed by atoms with Gasteiger partial charge in [-0.05, 0) is 68.3 Å². The summed E-state index contributed by atoms with van der Waals surface area (Å²) in [4.78, 5) is 0. The van der Waals surface area contributed by atoms with Gasteiger partial charge in [-0.3, -0.25) is 0 Å². The maximum Gasteiger partial charge on any atom is 0.127 e. The third-order valence-corrected chi connectivity index (χ3v) is 4.70. The third kappa shape index (κ3) is 21.9. The molecule has 0 saturated heterocycles. The summed E-state index contributed by atoms with van der Waals surface area (Å²) in [6.07, 6.45) is 0. The highest BCUT2D eigenvalue weighted by molar-refractivity contribution is 5.34. The monoisotopic (exact) mass is 564 g/mol. The van der Waals surface area contributed by atoms with Crippen molar-refractivity contribution in [1.82, 2.24) is 0 Å². The van der Waals surface area contributed by atoms with Gasteiger partial charge in [0.25, 0.3) is 0 Å². The topological polar surface area (TPSA) is 69.9 Å². The first kappa shape index (κ1) is 41.9. The molecule has 0 aliphatic heterocycles. The van der Waals surface area contributed by atoms with Gasteiger partial charge in [-0.1, -0.05) is 133 Å². The van der Waals surface area contributed by atoms with E-state index >= 15 is 0 Å². The van der Waals surface area contributed by atoms with Crippen LogP contribution in [-0.2, 0) is 13.2 Å². The first-order valence-corrected chi connectivity index (χ1v) is 14.8. The smallest absolute Gasteiger partial charge is 0.127 e. The normalized spacial score (nSPS) is 8.41. The van der Waals surface area contributed by atoms with Crippen LogP contribution >= 0.6 is 0 Å². The van der Waals surface area contributed by atoms with Crippen molar-refractivity contribution in [3.05, 3.63) is 125 Å². The number of benzene rings is 4. The number of aliphatic hydroxyl groups is 2. The lowest BCUT2D eigenvalue weighted by Gasteiger charge is -2.06. The van der Waals surface area contributed by atoms with Crippen LogP contribution in [0.1, 0.15) is 83.2 Å².